The molecule has 1 aromatic heterocycles. The molecule has 0 fully saturated rings. The molecule has 0 aliphatic carbocycles. The number of methoxy groups -OCH3 is 1. The lowest BCUT2D eigenvalue weighted by Gasteiger charge is -2.20. The third-order valence-electron chi connectivity index (χ3n) is 3.03. The summed E-state index contributed by atoms with van der Waals surface area (Å²) >= 11 is 8.78. The van der Waals surface area contributed by atoms with Crippen molar-refractivity contribution in [1.82, 2.24) is 5.32 Å². The van der Waals surface area contributed by atoms with Crippen LogP contribution in [0.1, 0.15) is 22.0 Å². The fourth-order valence-corrected chi connectivity index (χ4v) is 4.24. The highest BCUT2D eigenvalue weighted by atomic mass is 79.9. The summed E-state index contributed by atoms with van der Waals surface area (Å²) in [4.78, 5) is 1.30. The molecule has 2 rings (SSSR count). The first-order valence-electron chi connectivity index (χ1n) is 5.83. The Kier molecular flexibility index (Phi) is 5.06. The minimum Gasteiger partial charge on any atom is -0.496 e. The van der Waals surface area contributed by atoms with Crippen LogP contribution in [-0.4, -0.2) is 14.2 Å². The van der Waals surface area contributed by atoms with Crippen molar-refractivity contribution < 1.29 is 4.74 Å². The summed E-state index contributed by atoms with van der Waals surface area (Å²) in [5, 5.41) is 3.37. The molecule has 0 radical (unpaired) electrons. The van der Waals surface area contributed by atoms with E-state index in [0.29, 0.717) is 0 Å². The van der Waals surface area contributed by atoms with Crippen LogP contribution < -0.4 is 10.1 Å². The Bertz CT molecular complexity index is 583. The van der Waals surface area contributed by atoms with Crippen molar-refractivity contribution in [3.05, 3.63) is 48.5 Å². The molecule has 0 aliphatic rings. The third kappa shape index (κ3) is 3.21. The Labute approximate surface area is 134 Å². The smallest absolute Gasteiger partial charge is 0.125 e. The van der Waals surface area contributed by atoms with Crippen LogP contribution in [0.15, 0.2) is 32.5 Å². The number of rotatable bonds is 4. The van der Waals surface area contributed by atoms with Gasteiger partial charge in [0.15, 0.2) is 0 Å². The molecule has 102 valence electrons. The van der Waals surface area contributed by atoms with Gasteiger partial charge in [-0.3, -0.25) is 0 Å². The van der Waals surface area contributed by atoms with Gasteiger partial charge in [0, 0.05) is 14.9 Å². The van der Waals surface area contributed by atoms with Gasteiger partial charge in [0.1, 0.15) is 5.75 Å². The fourth-order valence-electron chi connectivity index (χ4n) is 2.15. The van der Waals surface area contributed by atoms with Gasteiger partial charge < -0.3 is 10.1 Å². The molecule has 0 bridgehead atoms. The van der Waals surface area contributed by atoms with Gasteiger partial charge >= 0.3 is 0 Å². The number of ether oxygens (including phenoxy) is 1. The molecule has 0 aliphatic heterocycles. The van der Waals surface area contributed by atoms with E-state index in [1.165, 1.54) is 10.4 Å². The summed E-state index contributed by atoms with van der Waals surface area (Å²) in [7, 11) is 3.67. The molecule has 1 N–H and O–H groups in total. The molecule has 19 heavy (non-hydrogen) atoms. The second kappa shape index (κ2) is 6.39. The summed E-state index contributed by atoms with van der Waals surface area (Å²) in [5.41, 5.74) is 2.42. The molecule has 0 amide bonds. The van der Waals surface area contributed by atoms with E-state index in [-0.39, 0.29) is 6.04 Å². The van der Waals surface area contributed by atoms with Crippen molar-refractivity contribution in [2.45, 2.75) is 13.0 Å². The van der Waals surface area contributed by atoms with Crippen LogP contribution in [0.5, 0.6) is 5.75 Å². The molecule has 0 saturated heterocycles. The van der Waals surface area contributed by atoms with Gasteiger partial charge in [0.25, 0.3) is 0 Å². The molecular formula is C14H15Br2NOS. The maximum absolute atomic E-state index is 5.50. The van der Waals surface area contributed by atoms with Crippen LogP contribution in [0.2, 0.25) is 0 Å². The van der Waals surface area contributed by atoms with Gasteiger partial charge in [-0.15, -0.1) is 11.3 Å². The Balaban J connectivity index is 2.50. The zero-order valence-corrected chi connectivity index (χ0v) is 14.9. The Hall–Kier alpha value is -0.360. The van der Waals surface area contributed by atoms with Crippen molar-refractivity contribution in [3.63, 3.8) is 0 Å². The van der Waals surface area contributed by atoms with Crippen LogP contribution in [0.4, 0.5) is 0 Å². The van der Waals surface area contributed by atoms with Crippen molar-refractivity contribution in [2.24, 2.45) is 0 Å². The lowest BCUT2D eigenvalue weighted by atomic mass is 9.99. The average Bonchev–Trinajstić information content (AvgIpc) is 2.71. The highest BCUT2D eigenvalue weighted by Crippen LogP contribution is 2.37. The van der Waals surface area contributed by atoms with Gasteiger partial charge in [-0.25, -0.2) is 0 Å². The van der Waals surface area contributed by atoms with E-state index in [2.05, 4.69) is 56.2 Å². The lowest BCUT2D eigenvalue weighted by molar-refractivity contribution is 0.405. The SMILES string of the molecule is CNC(c1ccc(Br)cc1OC)c1cc(Br)sc1C. The van der Waals surface area contributed by atoms with Crippen molar-refractivity contribution in [3.8, 4) is 5.75 Å². The van der Waals surface area contributed by atoms with Crippen molar-refractivity contribution >= 4 is 43.2 Å². The van der Waals surface area contributed by atoms with Gasteiger partial charge in [0.2, 0.25) is 0 Å². The Morgan fingerprint density at radius 2 is 1.95 bits per heavy atom. The quantitative estimate of drug-likeness (QED) is 0.782. The minimum absolute atomic E-state index is 0.130. The van der Waals surface area contributed by atoms with E-state index in [1.807, 2.05) is 19.2 Å². The molecule has 1 unspecified atom stereocenters. The number of aryl methyl sites for hydroxylation is 1. The standard InChI is InChI=1S/C14H15Br2NOS/c1-8-11(7-13(16)19-8)14(17-2)10-5-4-9(15)6-12(10)18-3/h4-7,14,17H,1-3H3. The molecule has 1 aromatic carbocycles. The number of hydrogen-bond acceptors (Lipinski definition) is 3. The van der Waals surface area contributed by atoms with Gasteiger partial charge in [0.05, 0.1) is 16.9 Å². The summed E-state index contributed by atoms with van der Waals surface area (Å²) < 4.78 is 7.67. The van der Waals surface area contributed by atoms with Crippen LogP contribution in [0.25, 0.3) is 0 Å². The first-order valence-corrected chi connectivity index (χ1v) is 8.23. The average molecular weight is 405 g/mol. The topological polar surface area (TPSA) is 21.3 Å². The predicted molar refractivity (Wildman–Crippen MR) is 88.4 cm³/mol. The third-order valence-corrected chi connectivity index (χ3v) is 5.09. The fraction of sp³-hybridized carbons (Fsp3) is 0.286. The van der Waals surface area contributed by atoms with E-state index in [0.717, 1.165) is 19.6 Å². The van der Waals surface area contributed by atoms with Crippen molar-refractivity contribution in [2.75, 3.05) is 14.2 Å². The van der Waals surface area contributed by atoms with E-state index in [1.54, 1.807) is 18.4 Å². The highest BCUT2D eigenvalue weighted by molar-refractivity contribution is 9.11. The number of thiophene rings is 1. The molecule has 2 aromatic rings. The van der Waals surface area contributed by atoms with Gasteiger partial charge in [-0.2, -0.15) is 0 Å². The largest absolute Gasteiger partial charge is 0.496 e. The van der Waals surface area contributed by atoms with Crippen LogP contribution in [0.3, 0.4) is 0 Å². The monoisotopic (exact) mass is 403 g/mol. The molecule has 2 nitrogen and oxygen atoms in total. The Morgan fingerprint density at radius 1 is 1.21 bits per heavy atom. The summed E-state index contributed by atoms with van der Waals surface area (Å²) in [6, 6.07) is 8.43. The normalized spacial score (nSPS) is 12.5. The zero-order chi connectivity index (χ0) is 14.0. The van der Waals surface area contributed by atoms with E-state index >= 15 is 0 Å². The number of benzene rings is 1. The van der Waals surface area contributed by atoms with Crippen LogP contribution >= 0.6 is 43.2 Å². The highest BCUT2D eigenvalue weighted by Gasteiger charge is 2.20. The second-order valence-corrected chi connectivity index (χ2v) is 7.72. The number of halogens is 2. The minimum atomic E-state index is 0.130. The maximum Gasteiger partial charge on any atom is 0.125 e. The summed E-state index contributed by atoms with van der Waals surface area (Å²) in [6.07, 6.45) is 0. The number of nitrogens with one attached hydrogen (secondary N) is 1. The molecular weight excluding hydrogens is 390 g/mol. The predicted octanol–water partition coefficient (Wildman–Crippen LogP) is 4.90. The molecule has 5 heteroatoms. The van der Waals surface area contributed by atoms with Crippen molar-refractivity contribution in [1.29, 1.82) is 0 Å². The number of hydrogen-bond donors (Lipinski definition) is 1. The molecule has 0 spiro atoms. The van der Waals surface area contributed by atoms with E-state index in [9.17, 15) is 0 Å². The maximum atomic E-state index is 5.50. The van der Waals surface area contributed by atoms with E-state index < -0.39 is 0 Å². The Morgan fingerprint density at radius 3 is 2.47 bits per heavy atom. The first-order chi connectivity index (χ1) is 9.06. The zero-order valence-electron chi connectivity index (χ0n) is 11.0. The van der Waals surface area contributed by atoms with E-state index in [4.69, 9.17) is 4.74 Å². The first kappa shape index (κ1) is 15.0. The van der Waals surface area contributed by atoms with Crippen LogP contribution in [0, 0.1) is 6.92 Å². The van der Waals surface area contributed by atoms with Gasteiger partial charge in [-0.05, 0) is 53.7 Å². The molecule has 0 saturated carbocycles. The molecule has 1 heterocycles. The van der Waals surface area contributed by atoms with Crippen LogP contribution in [-0.2, 0) is 0 Å². The summed E-state index contributed by atoms with van der Waals surface area (Å²) in [6.45, 7) is 2.14. The second-order valence-electron chi connectivity index (χ2n) is 4.17. The lowest BCUT2D eigenvalue weighted by Crippen LogP contribution is -2.18. The molecule has 1 atom stereocenters. The summed E-state index contributed by atoms with van der Waals surface area (Å²) in [5.74, 6) is 0.885. The van der Waals surface area contributed by atoms with Gasteiger partial charge in [-0.1, -0.05) is 22.0 Å².